The van der Waals surface area contributed by atoms with Gasteiger partial charge in [-0.15, -0.1) is 11.3 Å². The van der Waals surface area contributed by atoms with Crippen molar-refractivity contribution in [3.8, 4) is 5.00 Å². The van der Waals surface area contributed by atoms with Crippen LogP contribution in [0, 0.1) is 0 Å². The van der Waals surface area contributed by atoms with E-state index < -0.39 is 0 Å². The summed E-state index contributed by atoms with van der Waals surface area (Å²) >= 11 is 1.74. The van der Waals surface area contributed by atoms with E-state index in [1.165, 1.54) is 23.8 Å². The summed E-state index contributed by atoms with van der Waals surface area (Å²) in [7, 11) is 0. The average molecular weight is 298 g/mol. The highest BCUT2D eigenvalue weighted by Gasteiger charge is 2.28. The van der Waals surface area contributed by atoms with Crippen molar-refractivity contribution in [2.75, 3.05) is 19.6 Å². The number of hydrogen-bond donors (Lipinski definition) is 0. The number of nitrogens with zero attached hydrogens (tertiary/aromatic N) is 4. The fourth-order valence-corrected chi connectivity index (χ4v) is 3.89. The monoisotopic (exact) mass is 298 g/mol. The maximum atomic E-state index is 4.90. The molecule has 0 amide bonds. The number of likely N-dealkylation sites (tertiary alicyclic amines) is 1. The SMILES string of the molecule is CCN1CCC(c2nc3cccnc3n2-c2cccs2)C1. The highest BCUT2D eigenvalue weighted by Crippen LogP contribution is 2.32. The lowest BCUT2D eigenvalue weighted by Gasteiger charge is -2.14. The van der Waals surface area contributed by atoms with Crippen molar-refractivity contribution in [3.05, 3.63) is 41.7 Å². The van der Waals surface area contributed by atoms with Gasteiger partial charge in [-0.25, -0.2) is 9.97 Å². The van der Waals surface area contributed by atoms with Crippen molar-refractivity contribution in [1.82, 2.24) is 19.4 Å². The summed E-state index contributed by atoms with van der Waals surface area (Å²) in [5.41, 5.74) is 1.97. The Morgan fingerprint density at radius 1 is 1.33 bits per heavy atom. The van der Waals surface area contributed by atoms with Crippen molar-refractivity contribution in [1.29, 1.82) is 0 Å². The van der Waals surface area contributed by atoms with Crippen LogP contribution < -0.4 is 0 Å². The number of imidazole rings is 1. The van der Waals surface area contributed by atoms with Crippen LogP contribution in [-0.4, -0.2) is 39.1 Å². The third-order valence-corrected chi connectivity index (χ3v) is 5.11. The van der Waals surface area contributed by atoms with Crippen molar-refractivity contribution >= 4 is 22.5 Å². The van der Waals surface area contributed by atoms with Gasteiger partial charge in [0, 0.05) is 18.7 Å². The van der Waals surface area contributed by atoms with Crippen LogP contribution in [0.5, 0.6) is 0 Å². The summed E-state index contributed by atoms with van der Waals surface area (Å²) in [6, 6.07) is 8.26. The number of fused-ring (bicyclic) bond motifs is 1. The Labute approximate surface area is 128 Å². The van der Waals surface area contributed by atoms with Gasteiger partial charge in [0.25, 0.3) is 0 Å². The van der Waals surface area contributed by atoms with Crippen molar-refractivity contribution in [2.24, 2.45) is 0 Å². The minimum Gasteiger partial charge on any atom is -0.303 e. The second-order valence-corrected chi connectivity index (χ2v) is 6.41. The lowest BCUT2D eigenvalue weighted by Crippen LogP contribution is -2.20. The quantitative estimate of drug-likeness (QED) is 0.744. The van der Waals surface area contributed by atoms with Gasteiger partial charge in [-0.05, 0) is 49.2 Å². The van der Waals surface area contributed by atoms with E-state index in [0.717, 1.165) is 24.3 Å². The molecule has 0 N–H and O–H groups in total. The van der Waals surface area contributed by atoms with Crippen LogP contribution in [0.15, 0.2) is 35.8 Å². The molecule has 1 unspecified atom stereocenters. The molecule has 0 spiro atoms. The van der Waals surface area contributed by atoms with Gasteiger partial charge < -0.3 is 4.90 Å². The fourth-order valence-electron chi connectivity index (χ4n) is 3.15. The molecule has 5 heteroatoms. The molecule has 1 aliphatic rings. The third kappa shape index (κ3) is 2.17. The lowest BCUT2D eigenvalue weighted by molar-refractivity contribution is 0.352. The van der Waals surface area contributed by atoms with Crippen molar-refractivity contribution in [3.63, 3.8) is 0 Å². The highest BCUT2D eigenvalue weighted by atomic mass is 32.1. The van der Waals surface area contributed by atoms with E-state index in [4.69, 9.17) is 4.98 Å². The van der Waals surface area contributed by atoms with E-state index in [1.54, 1.807) is 11.3 Å². The van der Waals surface area contributed by atoms with Gasteiger partial charge in [-0.2, -0.15) is 0 Å². The summed E-state index contributed by atoms with van der Waals surface area (Å²) in [5, 5.41) is 3.32. The fraction of sp³-hybridized carbons (Fsp3) is 0.375. The second kappa shape index (κ2) is 5.24. The Hall–Kier alpha value is -1.72. The summed E-state index contributed by atoms with van der Waals surface area (Å²) in [6.45, 7) is 5.62. The molecule has 3 aromatic rings. The topological polar surface area (TPSA) is 34.0 Å². The Balaban J connectivity index is 1.86. The predicted molar refractivity (Wildman–Crippen MR) is 86.2 cm³/mol. The molecule has 1 saturated heterocycles. The van der Waals surface area contributed by atoms with Crippen LogP contribution in [0.3, 0.4) is 0 Å². The van der Waals surface area contributed by atoms with Gasteiger partial charge >= 0.3 is 0 Å². The number of aromatic nitrogens is 3. The highest BCUT2D eigenvalue weighted by molar-refractivity contribution is 7.12. The van der Waals surface area contributed by atoms with E-state index in [0.29, 0.717) is 5.92 Å². The summed E-state index contributed by atoms with van der Waals surface area (Å²) in [6.07, 6.45) is 3.04. The number of hydrogen-bond acceptors (Lipinski definition) is 4. The predicted octanol–water partition coefficient (Wildman–Crippen LogP) is 3.29. The summed E-state index contributed by atoms with van der Waals surface area (Å²) in [5.74, 6) is 1.67. The zero-order chi connectivity index (χ0) is 14.2. The first-order chi connectivity index (χ1) is 10.4. The van der Waals surface area contributed by atoms with Crippen LogP contribution in [0.25, 0.3) is 16.2 Å². The average Bonchev–Trinajstić information content (AvgIpc) is 3.24. The largest absolute Gasteiger partial charge is 0.303 e. The Morgan fingerprint density at radius 3 is 3.05 bits per heavy atom. The number of rotatable bonds is 3. The molecule has 1 atom stereocenters. The molecule has 3 aromatic heterocycles. The van der Waals surface area contributed by atoms with Crippen LogP contribution in [-0.2, 0) is 0 Å². The first-order valence-corrected chi connectivity index (χ1v) is 8.34. The van der Waals surface area contributed by atoms with Crippen molar-refractivity contribution in [2.45, 2.75) is 19.3 Å². The molecule has 108 valence electrons. The summed E-state index contributed by atoms with van der Waals surface area (Å²) in [4.78, 5) is 12.0. The first-order valence-electron chi connectivity index (χ1n) is 7.46. The number of likely N-dealkylation sites (N-methyl/N-ethyl adjacent to an activating group) is 1. The van der Waals surface area contributed by atoms with E-state index in [9.17, 15) is 0 Å². The van der Waals surface area contributed by atoms with E-state index in [2.05, 4.69) is 45.0 Å². The molecular formula is C16H18N4S. The van der Waals surface area contributed by atoms with E-state index in [-0.39, 0.29) is 0 Å². The molecule has 1 fully saturated rings. The van der Waals surface area contributed by atoms with E-state index in [1.807, 2.05) is 12.3 Å². The minimum absolute atomic E-state index is 0.501. The van der Waals surface area contributed by atoms with Crippen LogP contribution >= 0.6 is 11.3 Å². The zero-order valence-corrected chi connectivity index (χ0v) is 12.9. The van der Waals surface area contributed by atoms with Gasteiger partial charge in [0.2, 0.25) is 0 Å². The van der Waals surface area contributed by atoms with E-state index >= 15 is 0 Å². The number of thiophene rings is 1. The maximum Gasteiger partial charge on any atom is 0.165 e. The van der Waals surface area contributed by atoms with Crippen molar-refractivity contribution < 1.29 is 0 Å². The van der Waals surface area contributed by atoms with Crippen LogP contribution in [0.2, 0.25) is 0 Å². The summed E-state index contributed by atoms with van der Waals surface area (Å²) < 4.78 is 2.25. The maximum absolute atomic E-state index is 4.90. The Kier molecular flexibility index (Phi) is 3.24. The lowest BCUT2D eigenvalue weighted by atomic mass is 10.1. The van der Waals surface area contributed by atoms with Crippen LogP contribution in [0.4, 0.5) is 0 Å². The molecule has 4 heterocycles. The van der Waals surface area contributed by atoms with Crippen LogP contribution in [0.1, 0.15) is 25.1 Å². The number of pyridine rings is 1. The van der Waals surface area contributed by atoms with Gasteiger partial charge in [-0.1, -0.05) is 6.92 Å². The third-order valence-electron chi connectivity index (χ3n) is 4.25. The second-order valence-electron chi connectivity index (χ2n) is 5.48. The molecule has 0 bridgehead atoms. The smallest absolute Gasteiger partial charge is 0.165 e. The molecule has 21 heavy (non-hydrogen) atoms. The van der Waals surface area contributed by atoms with Gasteiger partial charge in [-0.3, -0.25) is 4.57 Å². The molecule has 4 nitrogen and oxygen atoms in total. The molecule has 0 saturated carbocycles. The normalized spacial score (nSPS) is 19.6. The Morgan fingerprint density at radius 2 is 2.29 bits per heavy atom. The molecule has 0 aliphatic carbocycles. The molecule has 1 aliphatic heterocycles. The van der Waals surface area contributed by atoms with Gasteiger partial charge in [0.05, 0.1) is 0 Å². The standard InChI is InChI=1S/C16H18N4S/c1-2-19-9-7-12(11-19)15-18-13-5-3-8-17-16(13)20(15)14-6-4-10-21-14/h3-6,8,10,12H,2,7,9,11H2,1H3. The van der Waals surface area contributed by atoms with Gasteiger partial charge in [0.15, 0.2) is 5.65 Å². The van der Waals surface area contributed by atoms with Gasteiger partial charge in [0.1, 0.15) is 16.3 Å². The minimum atomic E-state index is 0.501. The first kappa shape index (κ1) is 13.0. The molecule has 4 rings (SSSR count). The molecule has 0 aromatic carbocycles. The zero-order valence-electron chi connectivity index (χ0n) is 12.1. The Bertz CT molecular complexity index is 747. The molecular weight excluding hydrogens is 280 g/mol. The molecule has 0 radical (unpaired) electrons.